The summed E-state index contributed by atoms with van der Waals surface area (Å²) in [6.07, 6.45) is 0. The summed E-state index contributed by atoms with van der Waals surface area (Å²) in [6, 6.07) is 1.68. The molecule has 0 amide bonds. The highest BCUT2D eigenvalue weighted by Gasteiger charge is 2.41. The van der Waals surface area contributed by atoms with Crippen LogP contribution in [0, 0.1) is 25.7 Å². The van der Waals surface area contributed by atoms with Crippen LogP contribution >= 0.6 is 11.3 Å². The van der Waals surface area contributed by atoms with Crippen LogP contribution in [0.3, 0.4) is 0 Å². The molecule has 7 heteroatoms. The zero-order chi connectivity index (χ0) is 14.4. The van der Waals surface area contributed by atoms with Crippen LogP contribution in [-0.2, 0) is 14.8 Å². The van der Waals surface area contributed by atoms with Gasteiger partial charge in [0.2, 0.25) is 10.0 Å². The van der Waals surface area contributed by atoms with Gasteiger partial charge < -0.3 is 5.11 Å². The van der Waals surface area contributed by atoms with Crippen LogP contribution in [0.4, 0.5) is 0 Å². The van der Waals surface area contributed by atoms with E-state index >= 15 is 0 Å². The molecule has 19 heavy (non-hydrogen) atoms. The molecule has 1 N–H and O–H groups in total. The Kier molecular flexibility index (Phi) is 3.72. The molecule has 2 heterocycles. The molecule has 0 bridgehead atoms. The summed E-state index contributed by atoms with van der Waals surface area (Å²) in [4.78, 5) is 13.0. The smallest absolute Gasteiger partial charge is 0.306 e. The second kappa shape index (κ2) is 4.88. The number of hydrogen-bond acceptors (Lipinski definition) is 4. The van der Waals surface area contributed by atoms with Crippen molar-refractivity contribution in [2.75, 3.05) is 13.1 Å². The summed E-state index contributed by atoms with van der Waals surface area (Å²) >= 11 is 1.46. The number of aliphatic carboxylic acids is 1. The molecule has 1 aromatic heterocycles. The Labute approximate surface area is 116 Å². The van der Waals surface area contributed by atoms with E-state index in [0.717, 1.165) is 9.75 Å². The molecule has 5 nitrogen and oxygen atoms in total. The molecule has 106 valence electrons. The lowest BCUT2D eigenvalue weighted by atomic mass is 9.89. The third-order valence-electron chi connectivity index (χ3n) is 3.59. The van der Waals surface area contributed by atoms with Crippen molar-refractivity contribution in [2.45, 2.75) is 25.7 Å². The molecule has 0 saturated carbocycles. The van der Waals surface area contributed by atoms with E-state index in [2.05, 4.69) is 0 Å². The maximum Gasteiger partial charge on any atom is 0.306 e. The monoisotopic (exact) mass is 303 g/mol. The number of hydrogen-bond donors (Lipinski definition) is 1. The van der Waals surface area contributed by atoms with E-state index in [4.69, 9.17) is 5.11 Å². The third-order valence-corrected chi connectivity index (χ3v) is 6.64. The van der Waals surface area contributed by atoms with E-state index < -0.39 is 21.9 Å². The molecule has 1 unspecified atom stereocenters. The Hall–Kier alpha value is -0.920. The highest BCUT2D eigenvalue weighted by atomic mass is 32.2. The van der Waals surface area contributed by atoms with Gasteiger partial charge in [-0.3, -0.25) is 4.79 Å². The number of carboxylic acid groups (broad SMARTS) is 1. The number of rotatable bonds is 4. The standard InChI is InChI=1S/C12H17NO4S2/c1-7-4-11(9(3)18-7)19(16,17)13-5-10(6-13)8(2)12(14)15/h4,8,10H,5-6H2,1-3H3,(H,14,15). The van der Waals surface area contributed by atoms with Gasteiger partial charge in [-0.2, -0.15) is 4.31 Å². The van der Waals surface area contributed by atoms with Crippen molar-refractivity contribution in [3.63, 3.8) is 0 Å². The third kappa shape index (κ3) is 2.54. The topological polar surface area (TPSA) is 74.7 Å². The molecule has 0 aromatic carbocycles. The van der Waals surface area contributed by atoms with Crippen LogP contribution in [0.15, 0.2) is 11.0 Å². The number of nitrogens with zero attached hydrogens (tertiary/aromatic N) is 1. The maximum absolute atomic E-state index is 12.4. The highest BCUT2D eigenvalue weighted by Crippen LogP contribution is 2.33. The lowest BCUT2D eigenvalue weighted by molar-refractivity contribution is -0.144. The predicted octanol–water partition coefficient (Wildman–Crippen LogP) is 1.71. The number of thiophene rings is 1. The Bertz CT molecular complexity index is 599. The van der Waals surface area contributed by atoms with Crippen molar-refractivity contribution in [1.29, 1.82) is 0 Å². The molecule has 1 fully saturated rings. The van der Waals surface area contributed by atoms with Gasteiger partial charge in [0.05, 0.1) is 10.8 Å². The molecule has 1 saturated heterocycles. The zero-order valence-electron chi connectivity index (χ0n) is 11.1. The minimum Gasteiger partial charge on any atom is -0.481 e. The van der Waals surface area contributed by atoms with Gasteiger partial charge in [0.15, 0.2) is 0 Å². The van der Waals surface area contributed by atoms with Crippen LogP contribution in [0.25, 0.3) is 0 Å². The van der Waals surface area contributed by atoms with Crippen molar-refractivity contribution in [3.8, 4) is 0 Å². The van der Waals surface area contributed by atoms with Gasteiger partial charge in [0.1, 0.15) is 0 Å². The fourth-order valence-corrected chi connectivity index (χ4v) is 5.26. The Morgan fingerprint density at radius 3 is 2.47 bits per heavy atom. The summed E-state index contributed by atoms with van der Waals surface area (Å²) in [5.41, 5.74) is 0. The van der Waals surface area contributed by atoms with Crippen LogP contribution in [-0.4, -0.2) is 36.9 Å². The van der Waals surface area contributed by atoms with Crippen molar-refractivity contribution < 1.29 is 18.3 Å². The van der Waals surface area contributed by atoms with Gasteiger partial charge in [-0.15, -0.1) is 11.3 Å². The maximum atomic E-state index is 12.4. The normalized spacial score (nSPS) is 19.1. The lowest BCUT2D eigenvalue weighted by Crippen LogP contribution is -2.53. The van der Waals surface area contributed by atoms with Crippen molar-refractivity contribution >= 4 is 27.3 Å². The first-order chi connectivity index (χ1) is 8.73. The Morgan fingerprint density at radius 2 is 2.05 bits per heavy atom. The predicted molar refractivity (Wildman–Crippen MR) is 72.8 cm³/mol. The SMILES string of the molecule is Cc1cc(S(=O)(=O)N2CC(C(C)C(=O)O)C2)c(C)s1. The van der Waals surface area contributed by atoms with E-state index in [1.165, 1.54) is 15.6 Å². The summed E-state index contributed by atoms with van der Waals surface area (Å²) < 4.78 is 26.1. The van der Waals surface area contributed by atoms with Gasteiger partial charge >= 0.3 is 5.97 Å². The summed E-state index contributed by atoms with van der Waals surface area (Å²) in [5.74, 6) is -1.46. The van der Waals surface area contributed by atoms with E-state index in [9.17, 15) is 13.2 Å². The van der Waals surface area contributed by atoms with Crippen molar-refractivity contribution in [1.82, 2.24) is 4.31 Å². The first-order valence-corrected chi connectivity index (χ1v) is 8.29. The first kappa shape index (κ1) is 14.5. The average molecular weight is 303 g/mol. The van der Waals surface area contributed by atoms with E-state index in [-0.39, 0.29) is 5.92 Å². The number of carbonyl (C=O) groups is 1. The molecule has 0 spiro atoms. The molecular weight excluding hydrogens is 286 g/mol. The fraction of sp³-hybridized carbons (Fsp3) is 0.583. The minimum absolute atomic E-state index is 0.0905. The van der Waals surface area contributed by atoms with Gasteiger partial charge in [0, 0.05) is 22.8 Å². The van der Waals surface area contributed by atoms with Gasteiger partial charge in [-0.25, -0.2) is 8.42 Å². The molecular formula is C12H17NO4S2. The van der Waals surface area contributed by atoms with E-state index in [1.54, 1.807) is 19.9 Å². The van der Waals surface area contributed by atoms with Crippen LogP contribution in [0.5, 0.6) is 0 Å². The highest BCUT2D eigenvalue weighted by molar-refractivity contribution is 7.89. The largest absolute Gasteiger partial charge is 0.481 e. The second-order valence-electron chi connectivity index (χ2n) is 4.99. The molecule has 1 aliphatic rings. The quantitative estimate of drug-likeness (QED) is 0.919. The minimum atomic E-state index is -3.45. The zero-order valence-corrected chi connectivity index (χ0v) is 12.7. The Balaban J connectivity index is 2.13. The number of aryl methyl sites for hydroxylation is 2. The molecule has 0 aliphatic carbocycles. The first-order valence-electron chi connectivity index (χ1n) is 6.03. The second-order valence-corrected chi connectivity index (χ2v) is 8.35. The van der Waals surface area contributed by atoms with Crippen molar-refractivity contribution in [2.24, 2.45) is 11.8 Å². The molecule has 2 rings (SSSR count). The summed E-state index contributed by atoms with van der Waals surface area (Å²) in [6.45, 7) is 5.88. The summed E-state index contributed by atoms with van der Waals surface area (Å²) in [7, 11) is -3.45. The van der Waals surface area contributed by atoms with Crippen LogP contribution in [0.2, 0.25) is 0 Å². The molecule has 1 aromatic rings. The molecule has 1 aliphatic heterocycles. The molecule has 1 atom stereocenters. The molecule has 0 radical (unpaired) electrons. The Morgan fingerprint density at radius 1 is 1.47 bits per heavy atom. The average Bonchev–Trinajstić information content (AvgIpc) is 2.55. The lowest BCUT2D eigenvalue weighted by Gasteiger charge is -2.39. The summed E-state index contributed by atoms with van der Waals surface area (Å²) in [5, 5.41) is 8.90. The van der Waals surface area contributed by atoms with Crippen LogP contribution in [0.1, 0.15) is 16.7 Å². The van der Waals surface area contributed by atoms with Gasteiger partial charge in [0.25, 0.3) is 0 Å². The van der Waals surface area contributed by atoms with Gasteiger partial charge in [-0.05, 0) is 25.8 Å². The number of carboxylic acids is 1. The van der Waals surface area contributed by atoms with E-state index in [1.807, 2.05) is 6.92 Å². The van der Waals surface area contributed by atoms with Gasteiger partial charge in [-0.1, -0.05) is 6.92 Å². The fourth-order valence-electron chi connectivity index (χ4n) is 2.19. The number of sulfonamides is 1. The van der Waals surface area contributed by atoms with Crippen molar-refractivity contribution in [3.05, 3.63) is 15.8 Å². The van der Waals surface area contributed by atoms with E-state index in [0.29, 0.717) is 18.0 Å². The van der Waals surface area contributed by atoms with Crippen LogP contribution < -0.4 is 0 Å².